The van der Waals surface area contributed by atoms with Crippen molar-refractivity contribution in [2.75, 3.05) is 26.2 Å². The number of nitrogens with zero attached hydrogens (tertiary/aromatic N) is 1. The van der Waals surface area contributed by atoms with Gasteiger partial charge in [-0.1, -0.05) is 33.6 Å². The minimum atomic E-state index is -4.31. The molecular formula is C12H15BrCl3F3N2. The Hall–Kier alpha value is 0.280. The molecule has 9 heteroatoms. The van der Waals surface area contributed by atoms with E-state index >= 15 is 0 Å². The molecule has 1 aromatic carbocycles. The van der Waals surface area contributed by atoms with Crippen LogP contribution in [0.15, 0.2) is 22.7 Å². The maximum atomic E-state index is 13.4. The smallest absolute Gasteiger partial charge is 0.314 e. The third-order valence-corrected chi connectivity index (χ3v) is 4.01. The van der Waals surface area contributed by atoms with Gasteiger partial charge in [0.1, 0.15) is 6.04 Å². The highest BCUT2D eigenvalue weighted by Crippen LogP contribution is 2.41. The van der Waals surface area contributed by atoms with E-state index in [1.54, 1.807) is 0 Å². The van der Waals surface area contributed by atoms with Gasteiger partial charge in [-0.3, -0.25) is 4.90 Å². The normalized spacial score (nSPS) is 17.6. The molecule has 0 aromatic heterocycles. The lowest BCUT2D eigenvalue weighted by Gasteiger charge is -2.36. The summed E-state index contributed by atoms with van der Waals surface area (Å²) < 4.78 is 40.5. The van der Waals surface area contributed by atoms with Crippen LogP contribution >= 0.6 is 52.3 Å². The number of hydrogen-bond acceptors (Lipinski definition) is 2. The van der Waals surface area contributed by atoms with Gasteiger partial charge in [-0.05, 0) is 17.7 Å². The molecule has 0 bridgehead atoms. The Bertz CT molecular complexity index is 454. The average molecular weight is 431 g/mol. The minimum Gasteiger partial charge on any atom is -0.314 e. The van der Waals surface area contributed by atoms with Crippen molar-refractivity contribution in [3.8, 4) is 0 Å². The van der Waals surface area contributed by atoms with Crippen LogP contribution in [0.3, 0.4) is 0 Å². The summed E-state index contributed by atoms with van der Waals surface area (Å²) in [6, 6.07) is 2.83. The van der Waals surface area contributed by atoms with Crippen molar-refractivity contribution >= 4 is 52.3 Å². The molecule has 0 amide bonds. The Morgan fingerprint density at radius 2 is 1.76 bits per heavy atom. The maximum Gasteiger partial charge on any atom is 0.408 e. The standard InChI is InChI=1S/C12H13BrClF3N2.2ClH/c13-10-7-8(14)1-2-9(10)11(12(15,16)17)19-5-3-18-4-6-19;;/h1-2,7,11,18H,3-6H2;2*1H/t11-;;/m1../s1. The number of piperazine rings is 1. The second-order valence-corrected chi connectivity index (χ2v) is 5.69. The molecule has 1 N–H and O–H groups in total. The first-order valence-electron chi connectivity index (χ1n) is 5.86. The summed E-state index contributed by atoms with van der Waals surface area (Å²) in [6.45, 7) is 1.88. The number of rotatable bonds is 2. The fourth-order valence-corrected chi connectivity index (χ4v) is 3.14. The zero-order chi connectivity index (χ0) is 14.0. The Balaban J connectivity index is 0.00000200. The number of alkyl halides is 3. The molecule has 1 aliphatic heterocycles. The largest absolute Gasteiger partial charge is 0.408 e. The van der Waals surface area contributed by atoms with Crippen LogP contribution in [0.4, 0.5) is 13.2 Å². The average Bonchev–Trinajstić information content (AvgIpc) is 2.32. The monoisotopic (exact) mass is 428 g/mol. The third kappa shape index (κ3) is 5.44. The van der Waals surface area contributed by atoms with Gasteiger partial charge in [-0.2, -0.15) is 13.2 Å². The van der Waals surface area contributed by atoms with Crippen LogP contribution in [-0.4, -0.2) is 37.3 Å². The van der Waals surface area contributed by atoms with E-state index in [0.29, 0.717) is 35.7 Å². The van der Waals surface area contributed by atoms with E-state index in [2.05, 4.69) is 21.2 Å². The van der Waals surface area contributed by atoms with Crippen LogP contribution in [0.25, 0.3) is 0 Å². The number of halogens is 7. The summed E-state index contributed by atoms with van der Waals surface area (Å²) in [5, 5.41) is 3.47. The fourth-order valence-electron chi connectivity index (χ4n) is 2.24. The van der Waals surface area contributed by atoms with E-state index in [9.17, 15) is 13.2 Å². The summed E-state index contributed by atoms with van der Waals surface area (Å²) in [5.41, 5.74) is 0.207. The van der Waals surface area contributed by atoms with Gasteiger partial charge < -0.3 is 5.32 Å². The van der Waals surface area contributed by atoms with Crippen molar-refractivity contribution in [2.24, 2.45) is 0 Å². The molecule has 0 aliphatic carbocycles. The lowest BCUT2D eigenvalue weighted by molar-refractivity contribution is -0.188. The van der Waals surface area contributed by atoms with Crippen LogP contribution < -0.4 is 5.32 Å². The highest BCUT2D eigenvalue weighted by Gasteiger charge is 2.45. The zero-order valence-electron chi connectivity index (χ0n) is 10.8. The van der Waals surface area contributed by atoms with E-state index in [1.807, 2.05) is 0 Å². The van der Waals surface area contributed by atoms with Gasteiger partial charge in [0.05, 0.1) is 0 Å². The summed E-state index contributed by atoms with van der Waals surface area (Å²) in [4.78, 5) is 1.45. The van der Waals surface area contributed by atoms with Crippen molar-refractivity contribution in [1.29, 1.82) is 0 Å². The molecule has 0 unspecified atom stereocenters. The number of nitrogens with one attached hydrogen (secondary N) is 1. The van der Waals surface area contributed by atoms with Gasteiger partial charge >= 0.3 is 6.18 Å². The predicted molar refractivity (Wildman–Crippen MR) is 86.9 cm³/mol. The molecule has 1 saturated heterocycles. The van der Waals surface area contributed by atoms with E-state index in [1.165, 1.54) is 23.1 Å². The van der Waals surface area contributed by atoms with Crippen LogP contribution in [0.1, 0.15) is 11.6 Å². The molecule has 1 aromatic rings. The van der Waals surface area contributed by atoms with E-state index in [4.69, 9.17) is 11.6 Å². The molecule has 1 fully saturated rings. The molecule has 1 heterocycles. The molecule has 1 aliphatic rings. The van der Waals surface area contributed by atoms with Crippen molar-refractivity contribution in [3.63, 3.8) is 0 Å². The first kappa shape index (κ1) is 21.3. The van der Waals surface area contributed by atoms with Crippen LogP contribution in [0, 0.1) is 0 Å². The van der Waals surface area contributed by atoms with Gasteiger partial charge in [-0.25, -0.2) is 0 Å². The van der Waals surface area contributed by atoms with Crippen molar-refractivity contribution in [2.45, 2.75) is 12.2 Å². The Morgan fingerprint density at radius 3 is 2.24 bits per heavy atom. The first-order chi connectivity index (χ1) is 8.89. The third-order valence-electron chi connectivity index (χ3n) is 3.08. The van der Waals surface area contributed by atoms with E-state index in [0.717, 1.165) is 0 Å². The SMILES string of the molecule is Cl.Cl.FC(F)(F)[C@@H](c1ccc(Cl)cc1Br)N1CCNCC1. The topological polar surface area (TPSA) is 15.3 Å². The highest BCUT2D eigenvalue weighted by atomic mass is 79.9. The van der Waals surface area contributed by atoms with Gasteiger partial charge in [0.2, 0.25) is 0 Å². The molecule has 0 spiro atoms. The molecule has 2 nitrogen and oxygen atoms in total. The summed E-state index contributed by atoms with van der Waals surface area (Å²) in [5.74, 6) is 0. The summed E-state index contributed by atoms with van der Waals surface area (Å²) >= 11 is 8.97. The lowest BCUT2D eigenvalue weighted by atomic mass is 10.0. The molecule has 2 rings (SSSR count). The second kappa shape index (κ2) is 8.79. The molecule has 21 heavy (non-hydrogen) atoms. The number of benzene rings is 1. The minimum absolute atomic E-state index is 0. The van der Waals surface area contributed by atoms with Gasteiger partial charge in [0, 0.05) is 35.7 Å². The molecule has 0 saturated carbocycles. The Kier molecular flexibility index (Phi) is 8.91. The van der Waals surface area contributed by atoms with E-state index < -0.39 is 12.2 Å². The fraction of sp³-hybridized carbons (Fsp3) is 0.500. The van der Waals surface area contributed by atoms with Gasteiger partial charge in [-0.15, -0.1) is 24.8 Å². The van der Waals surface area contributed by atoms with Crippen molar-refractivity contribution in [3.05, 3.63) is 33.3 Å². The van der Waals surface area contributed by atoms with Crippen LogP contribution in [0.5, 0.6) is 0 Å². The van der Waals surface area contributed by atoms with Gasteiger partial charge in [0.25, 0.3) is 0 Å². The molecule has 122 valence electrons. The molecular weight excluding hydrogens is 415 g/mol. The van der Waals surface area contributed by atoms with Crippen molar-refractivity contribution in [1.82, 2.24) is 10.2 Å². The molecule has 1 atom stereocenters. The van der Waals surface area contributed by atoms with Crippen LogP contribution in [-0.2, 0) is 0 Å². The Morgan fingerprint density at radius 1 is 1.19 bits per heavy atom. The van der Waals surface area contributed by atoms with Gasteiger partial charge in [0.15, 0.2) is 0 Å². The predicted octanol–water partition coefficient (Wildman–Crippen LogP) is 4.45. The first-order valence-corrected chi connectivity index (χ1v) is 7.03. The van der Waals surface area contributed by atoms with E-state index in [-0.39, 0.29) is 30.4 Å². The van der Waals surface area contributed by atoms with Crippen molar-refractivity contribution < 1.29 is 13.2 Å². The van der Waals surface area contributed by atoms with Crippen LogP contribution in [0.2, 0.25) is 5.02 Å². The maximum absolute atomic E-state index is 13.4. The summed E-state index contributed by atoms with van der Waals surface area (Å²) in [7, 11) is 0. The lowest BCUT2D eigenvalue weighted by Crippen LogP contribution is -2.49. The second-order valence-electron chi connectivity index (χ2n) is 4.40. The molecule has 0 radical (unpaired) electrons. The zero-order valence-corrected chi connectivity index (χ0v) is 14.8. The number of hydrogen-bond donors (Lipinski definition) is 1. The highest BCUT2D eigenvalue weighted by molar-refractivity contribution is 9.10. The Labute approximate surface area is 147 Å². The summed E-state index contributed by atoms with van der Waals surface area (Å²) in [6.07, 6.45) is -4.31. The quantitative estimate of drug-likeness (QED) is 0.746.